The third kappa shape index (κ3) is 8.86. The molecule has 0 saturated carbocycles. The minimum absolute atomic E-state index is 0.0716. The van der Waals surface area contributed by atoms with Gasteiger partial charge in [-0.25, -0.2) is 0 Å². The van der Waals surface area contributed by atoms with E-state index in [9.17, 15) is 14.7 Å². The van der Waals surface area contributed by atoms with Crippen molar-refractivity contribution in [3.05, 3.63) is 53.4 Å². The fraction of sp³-hybridized carbons (Fsp3) is 0.500. The summed E-state index contributed by atoms with van der Waals surface area (Å²) >= 11 is 0. The summed E-state index contributed by atoms with van der Waals surface area (Å²) in [7, 11) is 0. The molecule has 0 aliphatic carbocycles. The summed E-state index contributed by atoms with van der Waals surface area (Å²) in [6.07, 6.45) is 1.66. The molecule has 0 saturated heterocycles. The molecule has 1 unspecified atom stereocenters. The molecule has 1 aromatic carbocycles. The summed E-state index contributed by atoms with van der Waals surface area (Å²) in [5, 5.41) is 17.2. The molecule has 1 heterocycles. The standard InChI is InChI=1S/C22H32N4O4/c1-3-7-18(27)10-11-24-25-20(13-17-8-5-4-6-9-17)21(28)15-23-22(29)14-19-12-16(2)26-30-19/h4-6,8-9,12,20-21,24-25,28H,3,7,10-11,13-15H2,1-2H3,(H,23,29)/t20?,21-/m1/s1. The Hall–Kier alpha value is -2.55. The Labute approximate surface area is 177 Å². The number of benzene rings is 1. The number of nitrogens with zero attached hydrogens (tertiary/aromatic N) is 1. The zero-order valence-corrected chi connectivity index (χ0v) is 17.7. The van der Waals surface area contributed by atoms with Crippen LogP contribution in [0.5, 0.6) is 0 Å². The van der Waals surface area contributed by atoms with Gasteiger partial charge in [0.05, 0.1) is 24.3 Å². The number of Topliss-reactive ketones (excluding diaryl/α,β-unsaturated/α-hetero) is 1. The lowest BCUT2D eigenvalue weighted by Gasteiger charge is -2.25. The first-order chi connectivity index (χ1) is 14.5. The lowest BCUT2D eigenvalue weighted by molar-refractivity contribution is -0.121. The van der Waals surface area contributed by atoms with Crippen molar-refractivity contribution in [2.24, 2.45) is 0 Å². The van der Waals surface area contributed by atoms with Crippen LogP contribution in [0.3, 0.4) is 0 Å². The van der Waals surface area contributed by atoms with Gasteiger partial charge in [0.25, 0.3) is 0 Å². The first-order valence-electron chi connectivity index (χ1n) is 10.4. The fourth-order valence-corrected chi connectivity index (χ4v) is 3.04. The first-order valence-corrected chi connectivity index (χ1v) is 10.4. The van der Waals surface area contributed by atoms with Crippen molar-refractivity contribution >= 4 is 11.7 Å². The number of nitrogens with one attached hydrogen (secondary N) is 3. The summed E-state index contributed by atoms with van der Waals surface area (Å²) < 4.78 is 5.05. The fourth-order valence-electron chi connectivity index (χ4n) is 3.04. The average molecular weight is 417 g/mol. The second kappa shape index (κ2) is 12.9. The van der Waals surface area contributed by atoms with Gasteiger partial charge in [-0.05, 0) is 25.3 Å². The highest BCUT2D eigenvalue weighted by Gasteiger charge is 2.20. The summed E-state index contributed by atoms with van der Waals surface area (Å²) in [6, 6.07) is 11.1. The zero-order valence-electron chi connectivity index (χ0n) is 17.7. The van der Waals surface area contributed by atoms with Crippen LogP contribution in [-0.2, 0) is 22.4 Å². The van der Waals surface area contributed by atoms with Gasteiger partial charge < -0.3 is 14.9 Å². The highest BCUT2D eigenvalue weighted by atomic mass is 16.5. The Balaban J connectivity index is 1.84. The molecule has 164 valence electrons. The average Bonchev–Trinajstić information content (AvgIpc) is 3.14. The molecule has 8 nitrogen and oxygen atoms in total. The summed E-state index contributed by atoms with van der Waals surface area (Å²) in [6.45, 7) is 4.34. The molecule has 0 bridgehead atoms. The van der Waals surface area contributed by atoms with Gasteiger partial charge >= 0.3 is 0 Å². The van der Waals surface area contributed by atoms with E-state index in [2.05, 4.69) is 21.3 Å². The van der Waals surface area contributed by atoms with Crippen LogP contribution in [0.2, 0.25) is 0 Å². The number of hydrazine groups is 1. The van der Waals surface area contributed by atoms with Crippen LogP contribution in [0.1, 0.15) is 43.2 Å². The highest BCUT2D eigenvalue weighted by molar-refractivity contribution is 5.78. The maximum absolute atomic E-state index is 12.1. The summed E-state index contributed by atoms with van der Waals surface area (Å²) in [5.41, 5.74) is 7.92. The molecular weight excluding hydrogens is 384 g/mol. The van der Waals surface area contributed by atoms with E-state index in [1.165, 1.54) is 0 Å². The van der Waals surface area contributed by atoms with Crippen molar-refractivity contribution in [2.75, 3.05) is 13.1 Å². The number of aromatic nitrogens is 1. The van der Waals surface area contributed by atoms with Crippen LogP contribution in [0.15, 0.2) is 40.9 Å². The minimum Gasteiger partial charge on any atom is -0.390 e. The minimum atomic E-state index is -0.829. The Bertz CT molecular complexity index is 778. The molecule has 1 aromatic heterocycles. The van der Waals surface area contributed by atoms with Crippen LogP contribution in [-0.4, -0.2) is 47.2 Å². The Morgan fingerprint density at radius 1 is 1.20 bits per heavy atom. The van der Waals surface area contributed by atoms with Crippen LogP contribution in [0, 0.1) is 6.92 Å². The Morgan fingerprint density at radius 3 is 2.63 bits per heavy atom. The highest BCUT2D eigenvalue weighted by Crippen LogP contribution is 2.07. The number of aliphatic hydroxyl groups is 1. The SMILES string of the molecule is CCCC(=O)CCNNC(Cc1ccccc1)[C@H](O)CNC(=O)Cc1cc(C)no1. The number of aryl methyl sites for hydroxylation is 1. The summed E-state index contributed by atoms with van der Waals surface area (Å²) in [5.74, 6) is 0.445. The van der Waals surface area contributed by atoms with Crippen LogP contribution < -0.4 is 16.2 Å². The van der Waals surface area contributed by atoms with Gasteiger partial charge in [-0.15, -0.1) is 0 Å². The second-order valence-electron chi connectivity index (χ2n) is 7.39. The predicted molar refractivity (Wildman–Crippen MR) is 114 cm³/mol. The van der Waals surface area contributed by atoms with Crippen molar-refractivity contribution in [1.29, 1.82) is 0 Å². The number of carbonyl (C=O) groups is 2. The van der Waals surface area contributed by atoms with Crippen molar-refractivity contribution in [2.45, 2.75) is 58.1 Å². The maximum Gasteiger partial charge on any atom is 0.227 e. The Kier molecular flexibility index (Phi) is 10.2. The molecule has 0 aliphatic heterocycles. The van der Waals surface area contributed by atoms with Gasteiger partial charge in [-0.3, -0.25) is 20.4 Å². The van der Waals surface area contributed by atoms with E-state index >= 15 is 0 Å². The number of ketones is 1. The number of aliphatic hydroxyl groups excluding tert-OH is 1. The van der Waals surface area contributed by atoms with E-state index in [0.29, 0.717) is 37.3 Å². The monoisotopic (exact) mass is 416 g/mol. The summed E-state index contributed by atoms with van der Waals surface area (Å²) in [4.78, 5) is 23.8. The topological polar surface area (TPSA) is 116 Å². The van der Waals surface area contributed by atoms with Crippen LogP contribution in [0.25, 0.3) is 0 Å². The second-order valence-corrected chi connectivity index (χ2v) is 7.39. The van der Waals surface area contributed by atoms with E-state index in [4.69, 9.17) is 4.52 Å². The van der Waals surface area contributed by atoms with E-state index in [-0.39, 0.29) is 30.7 Å². The normalized spacial score (nSPS) is 13.0. The van der Waals surface area contributed by atoms with E-state index < -0.39 is 6.10 Å². The number of hydrogen-bond donors (Lipinski definition) is 4. The van der Waals surface area contributed by atoms with Crippen LogP contribution >= 0.6 is 0 Å². The molecule has 2 aromatic rings. The van der Waals surface area contributed by atoms with E-state index in [1.807, 2.05) is 37.3 Å². The van der Waals surface area contributed by atoms with E-state index in [1.54, 1.807) is 13.0 Å². The van der Waals surface area contributed by atoms with Crippen molar-refractivity contribution in [3.63, 3.8) is 0 Å². The maximum atomic E-state index is 12.1. The third-order valence-electron chi connectivity index (χ3n) is 4.63. The van der Waals surface area contributed by atoms with Crippen LogP contribution in [0.4, 0.5) is 0 Å². The zero-order chi connectivity index (χ0) is 21.8. The largest absolute Gasteiger partial charge is 0.390 e. The number of rotatable bonds is 14. The molecule has 8 heteroatoms. The van der Waals surface area contributed by atoms with Gasteiger partial charge in [0.15, 0.2) is 0 Å². The molecule has 2 atom stereocenters. The molecule has 30 heavy (non-hydrogen) atoms. The smallest absolute Gasteiger partial charge is 0.227 e. The molecule has 0 spiro atoms. The first kappa shape index (κ1) is 23.7. The molecule has 0 fully saturated rings. The van der Waals surface area contributed by atoms with Crippen molar-refractivity contribution in [1.82, 2.24) is 21.3 Å². The molecule has 1 amide bonds. The lowest BCUT2D eigenvalue weighted by atomic mass is 10.0. The van der Waals surface area contributed by atoms with Crippen molar-refractivity contribution in [3.8, 4) is 0 Å². The van der Waals surface area contributed by atoms with E-state index in [0.717, 1.165) is 12.0 Å². The number of amides is 1. The molecule has 0 aliphatic rings. The van der Waals surface area contributed by atoms with Crippen molar-refractivity contribution < 1.29 is 19.2 Å². The third-order valence-corrected chi connectivity index (χ3v) is 4.63. The quantitative estimate of drug-likeness (QED) is 0.272. The molecule has 4 N–H and O–H groups in total. The Morgan fingerprint density at radius 2 is 1.97 bits per heavy atom. The molecule has 0 radical (unpaired) electrons. The van der Waals surface area contributed by atoms with Gasteiger partial charge in [0.2, 0.25) is 5.91 Å². The van der Waals surface area contributed by atoms with Gasteiger partial charge in [0, 0.05) is 32.0 Å². The molecule has 2 rings (SSSR count). The lowest BCUT2D eigenvalue weighted by Crippen LogP contribution is -2.52. The number of hydrogen-bond acceptors (Lipinski definition) is 7. The van der Waals surface area contributed by atoms with Gasteiger partial charge in [-0.1, -0.05) is 42.4 Å². The number of carbonyl (C=O) groups excluding carboxylic acids is 2. The predicted octanol–water partition coefficient (Wildman–Crippen LogP) is 1.47. The van der Waals surface area contributed by atoms with Gasteiger partial charge in [0.1, 0.15) is 11.5 Å². The molecular formula is C22H32N4O4. The van der Waals surface area contributed by atoms with Gasteiger partial charge in [-0.2, -0.15) is 0 Å².